The van der Waals surface area contributed by atoms with Crippen LogP contribution < -0.4 is 5.73 Å². The maximum Gasteiger partial charge on any atom is 0.126 e. The summed E-state index contributed by atoms with van der Waals surface area (Å²) in [5, 5.41) is 1.22. The molecule has 4 heteroatoms. The summed E-state index contributed by atoms with van der Waals surface area (Å²) in [6, 6.07) is 10.3. The van der Waals surface area contributed by atoms with E-state index in [-0.39, 0.29) is 5.82 Å². The van der Waals surface area contributed by atoms with Crippen molar-refractivity contribution in [3.05, 3.63) is 69.0 Å². The van der Waals surface area contributed by atoms with Gasteiger partial charge in [0.25, 0.3) is 0 Å². The second-order valence-corrected chi connectivity index (χ2v) is 6.14. The van der Waals surface area contributed by atoms with Crippen molar-refractivity contribution in [3.8, 4) is 0 Å². The molecule has 0 bridgehead atoms. The van der Waals surface area contributed by atoms with Crippen molar-refractivity contribution < 1.29 is 4.39 Å². The van der Waals surface area contributed by atoms with Crippen molar-refractivity contribution >= 4 is 23.2 Å². The van der Waals surface area contributed by atoms with Crippen molar-refractivity contribution in [1.29, 1.82) is 0 Å². The zero-order valence-electron chi connectivity index (χ0n) is 11.4. The first kappa shape index (κ1) is 15.3. The minimum absolute atomic E-state index is 0.253. The molecule has 1 unspecified atom stereocenters. The molecule has 0 spiro atoms. The Labute approximate surface area is 128 Å². The number of benzene rings is 2. The molecule has 1 nitrogen and oxygen atoms in total. The van der Waals surface area contributed by atoms with Crippen molar-refractivity contribution in [2.45, 2.75) is 25.8 Å². The van der Waals surface area contributed by atoms with E-state index in [0.717, 1.165) is 11.1 Å². The fourth-order valence-corrected chi connectivity index (χ4v) is 2.50. The Hall–Kier alpha value is -1.09. The first-order valence-electron chi connectivity index (χ1n) is 6.29. The van der Waals surface area contributed by atoms with Crippen LogP contribution in [0.1, 0.15) is 23.6 Å². The summed E-state index contributed by atoms with van der Waals surface area (Å²) in [5.41, 5.74) is 7.81. The van der Waals surface area contributed by atoms with E-state index in [4.69, 9.17) is 28.9 Å². The molecule has 0 saturated carbocycles. The summed E-state index contributed by atoms with van der Waals surface area (Å²) in [5.74, 6) is -0.253. The van der Waals surface area contributed by atoms with E-state index >= 15 is 0 Å². The average molecular weight is 312 g/mol. The highest BCUT2D eigenvalue weighted by atomic mass is 35.5. The van der Waals surface area contributed by atoms with Crippen molar-refractivity contribution in [2.24, 2.45) is 5.73 Å². The fourth-order valence-electron chi connectivity index (χ4n) is 2.12. The molecule has 0 aliphatic heterocycles. The van der Waals surface area contributed by atoms with Crippen LogP contribution in [0.4, 0.5) is 4.39 Å². The summed E-state index contributed by atoms with van der Waals surface area (Å²) >= 11 is 12.1. The molecule has 106 valence electrons. The minimum Gasteiger partial charge on any atom is -0.321 e. The van der Waals surface area contributed by atoms with Gasteiger partial charge in [0, 0.05) is 15.6 Å². The summed E-state index contributed by atoms with van der Waals surface area (Å²) in [6.45, 7) is 3.58. The maximum absolute atomic E-state index is 13.7. The lowest BCUT2D eigenvalue weighted by Gasteiger charge is -2.26. The quantitative estimate of drug-likeness (QED) is 0.861. The Kier molecular flexibility index (Phi) is 4.38. The highest BCUT2D eigenvalue weighted by molar-refractivity contribution is 6.33. The molecule has 0 fully saturated rings. The zero-order valence-corrected chi connectivity index (χ0v) is 12.9. The molecule has 2 N–H and O–H groups in total. The molecular weight excluding hydrogens is 296 g/mol. The van der Waals surface area contributed by atoms with Gasteiger partial charge >= 0.3 is 0 Å². The van der Waals surface area contributed by atoms with Gasteiger partial charge in [0.2, 0.25) is 0 Å². The lowest BCUT2D eigenvalue weighted by atomic mass is 9.86. The third kappa shape index (κ3) is 3.32. The molecule has 0 aromatic heterocycles. The van der Waals surface area contributed by atoms with E-state index in [0.29, 0.717) is 22.0 Å². The van der Waals surface area contributed by atoms with Crippen molar-refractivity contribution in [3.63, 3.8) is 0 Å². The average Bonchev–Trinajstić information content (AvgIpc) is 2.36. The van der Waals surface area contributed by atoms with Gasteiger partial charge in [0.15, 0.2) is 0 Å². The Morgan fingerprint density at radius 2 is 1.85 bits per heavy atom. The predicted molar refractivity (Wildman–Crippen MR) is 82.8 cm³/mol. The van der Waals surface area contributed by atoms with E-state index in [9.17, 15) is 4.39 Å². The smallest absolute Gasteiger partial charge is 0.126 e. The molecule has 0 amide bonds. The van der Waals surface area contributed by atoms with E-state index in [1.165, 1.54) is 6.07 Å². The van der Waals surface area contributed by atoms with Crippen LogP contribution in [0.5, 0.6) is 0 Å². The molecule has 2 aromatic rings. The Morgan fingerprint density at radius 3 is 2.50 bits per heavy atom. The summed E-state index contributed by atoms with van der Waals surface area (Å²) < 4.78 is 13.7. The number of rotatable bonds is 3. The molecule has 1 atom stereocenters. The fraction of sp³-hybridized carbons (Fsp3) is 0.250. The van der Waals surface area contributed by atoms with Crippen LogP contribution in [0, 0.1) is 12.7 Å². The highest BCUT2D eigenvalue weighted by Crippen LogP contribution is 2.29. The number of aryl methyl sites for hydroxylation is 1. The maximum atomic E-state index is 13.7. The van der Waals surface area contributed by atoms with Crippen LogP contribution in [-0.4, -0.2) is 0 Å². The molecule has 20 heavy (non-hydrogen) atoms. The molecule has 0 heterocycles. The standard InChI is InChI=1S/C16H16Cl2FN/c1-10-3-4-12(8-15(10)19)16(2,20)9-11-7-13(17)5-6-14(11)18/h3-8H,9,20H2,1-2H3. The third-order valence-electron chi connectivity index (χ3n) is 3.40. The molecular formula is C16H16Cl2FN. The van der Waals surface area contributed by atoms with E-state index in [1.807, 2.05) is 13.0 Å². The monoisotopic (exact) mass is 311 g/mol. The third-order valence-corrected chi connectivity index (χ3v) is 4.00. The molecule has 2 rings (SSSR count). The summed E-state index contributed by atoms with van der Waals surface area (Å²) in [6.07, 6.45) is 0.481. The topological polar surface area (TPSA) is 26.0 Å². The second-order valence-electron chi connectivity index (χ2n) is 5.29. The highest BCUT2D eigenvalue weighted by Gasteiger charge is 2.24. The zero-order chi connectivity index (χ0) is 14.9. The molecule has 2 aromatic carbocycles. The first-order chi connectivity index (χ1) is 9.29. The van der Waals surface area contributed by atoms with Crippen molar-refractivity contribution in [1.82, 2.24) is 0 Å². The van der Waals surface area contributed by atoms with Crippen LogP contribution in [0.2, 0.25) is 10.0 Å². The van der Waals surface area contributed by atoms with Gasteiger partial charge in [-0.15, -0.1) is 0 Å². The molecule has 0 radical (unpaired) electrons. The Bertz CT molecular complexity index is 638. The molecule has 0 aliphatic carbocycles. The van der Waals surface area contributed by atoms with E-state index < -0.39 is 5.54 Å². The molecule has 0 aliphatic rings. The van der Waals surface area contributed by atoms with Crippen LogP contribution >= 0.6 is 23.2 Å². The van der Waals surface area contributed by atoms with Crippen LogP contribution in [0.25, 0.3) is 0 Å². The van der Waals surface area contributed by atoms with Gasteiger partial charge in [0.05, 0.1) is 0 Å². The van der Waals surface area contributed by atoms with Gasteiger partial charge in [-0.1, -0.05) is 35.3 Å². The van der Waals surface area contributed by atoms with E-state index in [1.54, 1.807) is 31.2 Å². The summed E-state index contributed by atoms with van der Waals surface area (Å²) in [4.78, 5) is 0. The first-order valence-corrected chi connectivity index (χ1v) is 7.04. The number of halogens is 3. The van der Waals surface area contributed by atoms with Gasteiger partial charge in [-0.25, -0.2) is 4.39 Å². The largest absolute Gasteiger partial charge is 0.321 e. The van der Waals surface area contributed by atoms with E-state index in [2.05, 4.69) is 0 Å². The number of nitrogens with two attached hydrogens (primary N) is 1. The van der Waals surface area contributed by atoms with Crippen LogP contribution in [-0.2, 0) is 12.0 Å². The van der Waals surface area contributed by atoms with Gasteiger partial charge in [-0.3, -0.25) is 0 Å². The van der Waals surface area contributed by atoms with Gasteiger partial charge in [-0.05, 0) is 61.2 Å². The second kappa shape index (κ2) is 5.72. The number of hydrogen-bond donors (Lipinski definition) is 1. The van der Waals surface area contributed by atoms with Crippen LogP contribution in [0.3, 0.4) is 0 Å². The number of hydrogen-bond acceptors (Lipinski definition) is 1. The van der Waals surface area contributed by atoms with Crippen LogP contribution in [0.15, 0.2) is 36.4 Å². The SMILES string of the molecule is Cc1ccc(C(C)(N)Cc2cc(Cl)ccc2Cl)cc1F. The Morgan fingerprint density at radius 1 is 1.15 bits per heavy atom. The lowest BCUT2D eigenvalue weighted by molar-refractivity contribution is 0.486. The van der Waals surface area contributed by atoms with Gasteiger partial charge in [-0.2, -0.15) is 0 Å². The van der Waals surface area contributed by atoms with Gasteiger partial charge < -0.3 is 5.73 Å². The Balaban J connectivity index is 2.34. The van der Waals surface area contributed by atoms with Crippen molar-refractivity contribution in [2.75, 3.05) is 0 Å². The summed E-state index contributed by atoms with van der Waals surface area (Å²) in [7, 11) is 0. The normalized spacial score (nSPS) is 14.1. The minimum atomic E-state index is -0.719. The predicted octanol–water partition coefficient (Wildman–Crippen LogP) is 4.86. The van der Waals surface area contributed by atoms with Gasteiger partial charge in [0.1, 0.15) is 5.82 Å². The molecule has 0 saturated heterocycles. The lowest BCUT2D eigenvalue weighted by Crippen LogP contribution is -2.35.